The first-order valence-electron chi connectivity index (χ1n) is 4.81. The molecule has 1 heterocycles. The first-order valence-corrected chi connectivity index (χ1v) is 6.17. The molecule has 1 aromatic rings. The van der Waals surface area contributed by atoms with Crippen molar-refractivity contribution >= 4 is 23.4 Å². The van der Waals surface area contributed by atoms with Gasteiger partial charge in [0.05, 0.1) is 10.6 Å². The van der Waals surface area contributed by atoms with Gasteiger partial charge in [-0.2, -0.15) is 13.2 Å². The number of hydrogen-bond donors (Lipinski definition) is 0. The van der Waals surface area contributed by atoms with Crippen molar-refractivity contribution in [2.24, 2.45) is 0 Å². The number of aromatic nitrogens is 1. The number of unbranched alkanes of at least 4 members (excludes halogenated alkanes) is 1. The van der Waals surface area contributed by atoms with Gasteiger partial charge in [-0.3, -0.25) is 0 Å². The quantitative estimate of drug-likeness (QED) is 0.448. The van der Waals surface area contributed by atoms with Crippen molar-refractivity contribution in [2.75, 3.05) is 5.75 Å². The summed E-state index contributed by atoms with van der Waals surface area (Å²) in [6.45, 7) is 2.02. The lowest BCUT2D eigenvalue weighted by atomic mass is 10.3. The Morgan fingerprint density at radius 3 is 2.62 bits per heavy atom. The highest BCUT2D eigenvalue weighted by atomic mass is 35.5. The van der Waals surface area contributed by atoms with Crippen LogP contribution in [-0.4, -0.2) is 10.7 Å². The Hall–Kier alpha value is -0.420. The third kappa shape index (κ3) is 4.22. The summed E-state index contributed by atoms with van der Waals surface area (Å²) >= 11 is 6.84. The molecule has 0 N–H and O–H groups in total. The Balaban J connectivity index is 2.82. The first kappa shape index (κ1) is 13.6. The first-order chi connectivity index (χ1) is 7.43. The standard InChI is InChI=1S/C10H11ClF3NS/c1-2-3-4-16-9-6-7(10(12,13)14)5-8(11)15-9/h5-6H,2-4H2,1H3. The molecule has 0 radical (unpaired) electrons. The van der Waals surface area contributed by atoms with E-state index in [0.29, 0.717) is 5.03 Å². The fourth-order valence-corrected chi connectivity index (χ4v) is 2.31. The molecular formula is C10H11ClF3NS. The lowest BCUT2D eigenvalue weighted by Crippen LogP contribution is -2.05. The largest absolute Gasteiger partial charge is 0.416 e. The van der Waals surface area contributed by atoms with Crippen LogP contribution in [-0.2, 0) is 6.18 Å². The molecule has 6 heteroatoms. The fraction of sp³-hybridized carbons (Fsp3) is 0.500. The Kier molecular flexibility index (Phi) is 4.92. The number of thioether (sulfide) groups is 1. The fourth-order valence-electron chi connectivity index (χ4n) is 1.03. The number of hydrogen-bond acceptors (Lipinski definition) is 2. The van der Waals surface area contributed by atoms with E-state index in [2.05, 4.69) is 4.98 Å². The van der Waals surface area contributed by atoms with Gasteiger partial charge in [-0.1, -0.05) is 24.9 Å². The third-order valence-electron chi connectivity index (χ3n) is 1.85. The van der Waals surface area contributed by atoms with Crippen molar-refractivity contribution in [3.63, 3.8) is 0 Å². The molecule has 0 saturated carbocycles. The summed E-state index contributed by atoms with van der Waals surface area (Å²) in [5.41, 5.74) is -0.744. The maximum absolute atomic E-state index is 12.4. The zero-order valence-corrected chi connectivity index (χ0v) is 10.2. The number of pyridine rings is 1. The molecule has 0 atom stereocenters. The van der Waals surface area contributed by atoms with Gasteiger partial charge in [0.1, 0.15) is 5.15 Å². The average Bonchev–Trinajstić information content (AvgIpc) is 2.16. The van der Waals surface area contributed by atoms with Crippen molar-refractivity contribution in [3.8, 4) is 0 Å². The average molecular weight is 270 g/mol. The molecular weight excluding hydrogens is 259 g/mol. The van der Waals surface area contributed by atoms with Gasteiger partial charge in [0.25, 0.3) is 0 Å². The van der Waals surface area contributed by atoms with Crippen LogP contribution in [0.4, 0.5) is 13.2 Å². The molecule has 1 nitrogen and oxygen atoms in total. The Bertz CT molecular complexity index is 354. The van der Waals surface area contributed by atoms with Crippen LogP contribution in [0.15, 0.2) is 17.2 Å². The minimum atomic E-state index is -4.37. The molecule has 1 rings (SSSR count). The summed E-state index contributed by atoms with van der Waals surface area (Å²) in [6.07, 6.45) is -2.42. The van der Waals surface area contributed by atoms with E-state index in [4.69, 9.17) is 11.6 Å². The minimum absolute atomic E-state index is 0.117. The van der Waals surface area contributed by atoms with Crippen LogP contribution in [0.25, 0.3) is 0 Å². The van der Waals surface area contributed by atoms with Crippen LogP contribution in [0.1, 0.15) is 25.3 Å². The summed E-state index contributed by atoms with van der Waals surface area (Å²) in [5, 5.41) is 0.210. The molecule has 0 aliphatic heterocycles. The second kappa shape index (κ2) is 5.77. The third-order valence-corrected chi connectivity index (χ3v) is 3.04. The second-order valence-corrected chi connectivity index (χ2v) is 4.72. The van der Waals surface area contributed by atoms with E-state index in [1.165, 1.54) is 11.8 Å². The topological polar surface area (TPSA) is 12.9 Å². The molecule has 0 spiro atoms. The molecule has 90 valence electrons. The maximum atomic E-state index is 12.4. The highest BCUT2D eigenvalue weighted by Crippen LogP contribution is 2.33. The van der Waals surface area contributed by atoms with Crippen LogP contribution in [0.5, 0.6) is 0 Å². The normalized spacial score (nSPS) is 11.8. The lowest BCUT2D eigenvalue weighted by molar-refractivity contribution is -0.137. The van der Waals surface area contributed by atoms with Crippen LogP contribution in [0.2, 0.25) is 5.15 Å². The predicted octanol–water partition coefficient (Wildman–Crippen LogP) is 4.65. The maximum Gasteiger partial charge on any atom is 0.416 e. The highest BCUT2D eigenvalue weighted by Gasteiger charge is 2.31. The van der Waals surface area contributed by atoms with Gasteiger partial charge in [-0.15, -0.1) is 11.8 Å². The lowest BCUT2D eigenvalue weighted by Gasteiger charge is -2.08. The van der Waals surface area contributed by atoms with Gasteiger partial charge in [-0.05, 0) is 24.3 Å². The van der Waals surface area contributed by atoms with Crippen LogP contribution < -0.4 is 0 Å². The molecule has 0 aromatic carbocycles. The van der Waals surface area contributed by atoms with Crippen molar-refractivity contribution in [1.82, 2.24) is 4.98 Å². The Labute approximate surface area is 101 Å². The number of alkyl halides is 3. The summed E-state index contributed by atoms with van der Waals surface area (Å²) < 4.78 is 37.3. The molecule has 1 aromatic heterocycles. The molecule has 0 unspecified atom stereocenters. The molecule has 0 saturated heterocycles. The summed E-state index contributed by atoms with van der Waals surface area (Å²) in [6, 6.07) is 1.87. The number of nitrogens with zero attached hydrogens (tertiary/aromatic N) is 1. The number of rotatable bonds is 4. The highest BCUT2D eigenvalue weighted by molar-refractivity contribution is 7.99. The van der Waals surface area contributed by atoms with Gasteiger partial charge >= 0.3 is 6.18 Å². The summed E-state index contributed by atoms with van der Waals surface area (Å²) in [5.74, 6) is 0.751. The van der Waals surface area contributed by atoms with Crippen LogP contribution in [0.3, 0.4) is 0 Å². The van der Waals surface area contributed by atoms with Gasteiger partial charge < -0.3 is 0 Å². The van der Waals surface area contributed by atoms with Crippen molar-refractivity contribution in [2.45, 2.75) is 31.0 Å². The van der Waals surface area contributed by atoms with Gasteiger partial charge in [0.2, 0.25) is 0 Å². The van der Waals surface area contributed by atoms with Crippen molar-refractivity contribution < 1.29 is 13.2 Å². The SMILES string of the molecule is CCCCSc1cc(C(F)(F)F)cc(Cl)n1. The monoisotopic (exact) mass is 269 g/mol. The van der Waals surface area contributed by atoms with Gasteiger partial charge in [0, 0.05) is 0 Å². The van der Waals surface area contributed by atoms with Crippen LogP contribution >= 0.6 is 23.4 Å². The molecule has 0 amide bonds. The van der Waals surface area contributed by atoms with Crippen molar-refractivity contribution in [1.29, 1.82) is 0 Å². The zero-order chi connectivity index (χ0) is 12.2. The van der Waals surface area contributed by atoms with Gasteiger partial charge in [0.15, 0.2) is 0 Å². The van der Waals surface area contributed by atoms with E-state index in [-0.39, 0.29) is 5.15 Å². The molecule has 0 bridgehead atoms. The van der Waals surface area contributed by atoms with Gasteiger partial charge in [-0.25, -0.2) is 4.98 Å². The smallest absolute Gasteiger partial charge is 0.230 e. The van der Waals surface area contributed by atoms with E-state index in [1.807, 2.05) is 6.92 Å². The van der Waals surface area contributed by atoms with Crippen LogP contribution in [0, 0.1) is 0 Å². The van der Waals surface area contributed by atoms with E-state index in [0.717, 1.165) is 30.7 Å². The molecule has 0 aliphatic rings. The summed E-state index contributed by atoms with van der Waals surface area (Å²) in [7, 11) is 0. The van der Waals surface area contributed by atoms with E-state index < -0.39 is 11.7 Å². The minimum Gasteiger partial charge on any atom is -0.230 e. The number of halogens is 4. The van der Waals surface area contributed by atoms with E-state index in [9.17, 15) is 13.2 Å². The summed E-state index contributed by atoms with van der Waals surface area (Å²) in [4.78, 5) is 3.85. The zero-order valence-electron chi connectivity index (χ0n) is 8.64. The Morgan fingerprint density at radius 1 is 1.38 bits per heavy atom. The van der Waals surface area contributed by atoms with E-state index in [1.54, 1.807) is 0 Å². The van der Waals surface area contributed by atoms with Crippen molar-refractivity contribution in [3.05, 3.63) is 22.8 Å². The second-order valence-electron chi connectivity index (χ2n) is 3.22. The molecule has 0 fully saturated rings. The predicted molar refractivity (Wildman–Crippen MR) is 59.9 cm³/mol. The van der Waals surface area contributed by atoms with E-state index >= 15 is 0 Å². The Morgan fingerprint density at radius 2 is 2.06 bits per heavy atom. The molecule has 16 heavy (non-hydrogen) atoms. The molecule has 0 aliphatic carbocycles.